The molecule has 0 aromatic carbocycles. The molecule has 2 aliphatic rings. The highest BCUT2D eigenvalue weighted by Gasteiger charge is 2.42. The van der Waals surface area contributed by atoms with Crippen LogP contribution in [0.15, 0.2) is 12.3 Å². The second-order valence-corrected chi connectivity index (χ2v) is 5.75. The maximum atomic E-state index is 13.4. The summed E-state index contributed by atoms with van der Waals surface area (Å²) in [4.78, 5) is 16.4. The summed E-state index contributed by atoms with van der Waals surface area (Å²) in [6, 6.07) is 1.53. The predicted molar refractivity (Wildman–Crippen MR) is 75.1 cm³/mol. The van der Waals surface area contributed by atoms with Gasteiger partial charge in [-0.25, -0.2) is 9.37 Å². The van der Waals surface area contributed by atoms with E-state index in [0.717, 1.165) is 6.20 Å². The number of aromatic nitrogens is 1. The molecule has 0 bridgehead atoms. The normalized spacial score (nSPS) is 18.1. The number of carbonyl (C=O) groups excluding carboxylic acids is 1. The van der Waals surface area contributed by atoms with Crippen LogP contribution in [0.2, 0.25) is 0 Å². The SMILES string of the molecule is CCNc1ncc(F)cc1C(=O)NC(C1CC1)C1CC1. The molecule has 5 heteroatoms. The van der Waals surface area contributed by atoms with Crippen LogP contribution in [-0.4, -0.2) is 23.5 Å². The van der Waals surface area contributed by atoms with E-state index in [1.165, 1.54) is 31.7 Å². The molecule has 1 aromatic heterocycles. The predicted octanol–water partition coefficient (Wildman–Crippen LogP) is 2.57. The molecule has 0 aliphatic heterocycles. The zero-order chi connectivity index (χ0) is 14.1. The Balaban J connectivity index is 1.76. The monoisotopic (exact) mass is 277 g/mol. The van der Waals surface area contributed by atoms with Gasteiger partial charge in [0.2, 0.25) is 0 Å². The zero-order valence-corrected chi connectivity index (χ0v) is 11.7. The Kier molecular flexibility index (Phi) is 3.59. The van der Waals surface area contributed by atoms with Gasteiger partial charge in [0.05, 0.1) is 11.8 Å². The summed E-state index contributed by atoms with van der Waals surface area (Å²) in [6.45, 7) is 2.57. The van der Waals surface area contributed by atoms with Crippen LogP contribution in [0.4, 0.5) is 10.2 Å². The fourth-order valence-electron chi connectivity index (χ4n) is 2.68. The van der Waals surface area contributed by atoms with E-state index in [2.05, 4.69) is 15.6 Å². The van der Waals surface area contributed by atoms with Gasteiger partial charge in [0.1, 0.15) is 11.6 Å². The molecule has 3 rings (SSSR count). The van der Waals surface area contributed by atoms with E-state index in [0.29, 0.717) is 29.8 Å². The number of hydrogen-bond acceptors (Lipinski definition) is 3. The smallest absolute Gasteiger partial charge is 0.255 e. The molecule has 2 fully saturated rings. The number of anilines is 1. The first-order chi connectivity index (χ1) is 9.69. The molecule has 2 saturated carbocycles. The minimum absolute atomic E-state index is 0.211. The summed E-state index contributed by atoms with van der Waals surface area (Å²) in [5.74, 6) is 1.01. The molecule has 0 unspecified atom stereocenters. The van der Waals surface area contributed by atoms with Crippen molar-refractivity contribution in [2.24, 2.45) is 11.8 Å². The molecule has 4 nitrogen and oxygen atoms in total. The van der Waals surface area contributed by atoms with Gasteiger partial charge in [-0.3, -0.25) is 4.79 Å². The van der Waals surface area contributed by atoms with Crippen molar-refractivity contribution in [3.05, 3.63) is 23.6 Å². The van der Waals surface area contributed by atoms with Crippen LogP contribution >= 0.6 is 0 Å². The fraction of sp³-hybridized carbons (Fsp3) is 0.600. The van der Waals surface area contributed by atoms with Gasteiger partial charge in [0.15, 0.2) is 0 Å². The van der Waals surface area contributed by atoms with Crippen LogP contribution in [0.1, 0.15) is 43.0 Å². The molecule has 0 radical (unpaired) electrons. The third kappa shape index (κ3) is 2.92. The lowest BCUT2D eigenvalue weighted by Gasteiger charge is -2.18. The Labute approximate surface area is 118 Å². The van der Waals surface area contributed by atoms with Gasteiger partial charge in [-0.15, -0.1) is 0 Å². The van der Waals surface area contributed by atoms with Gasteiger partial charge in [-0.2, -0.15) is 0 Å². The summed E-state index contributed by atoms with van der Waals surface area (Å²) < 4.78 is 13.4. The minimum atomic E-state index is -0.480. The molecule has 0 spiro atoms. The average Bonchev–Trinajstić information content (AvgIpc) is 3.29. The minimum Gasteiger partial charge on any atom is -0.370 e. The Bertz CT molecular complexity index is 500. The number of nitrogens with zero attached hydrogens (tertiary/aromatic N) is 1. The van der Waals surface area contributed by atoms with Crippen LogP contribution in [0.3, 0.4) is 0 Å². The first-order valence-corrected chi connectivity index (χ1v) is 7.39. The molecule has 0 atom stereocenters. The van der Waals surface area contributed by atoms with Gasteiger partial charge in [-0.1, -0.05) is 0 Å². The molecule has 1 aromatic rings. The van der Waals surface area contributed by atoms with Crippen LogP contribution in [0.5, 0.6) is 0 Å². The molecule has 0 saturated heterocycles. The molecular weight excluding hydrogens is 257 g/mol. The maximum absolute atomic E-state index is 13.4. The van der Waals surface area contributed by atoms with E-state index < -0.39 is 5.82 Å². The molecule has 108 valence electrons. The second kappa shape index (κ2) is 5.38. The summed E-state index contributed by atoms with van der Waals surface area (Å²) in [5.41, 5.74) is 0.304. The molecule has 1 amide bonds. The van der Waals surface area contributed by atoms with Crippen molar-refractivity contribution in [3.8, 4) is 0 Å². The number of halogens is 1. The van der Waals surface area contributed by atoms with Gasteiger partial charge >= 0.3 is 0 Å². The van der Waals surface area contributed by atoms with Crippen LogP contribution in [0.25, 0.3) is 0 Å². The van der Waals surface area contributed by atoms with Crippen molar-refractivity contribution in [2.75, 3.05) is 11.9 Å². The van der Waals surface area contributed by atoms with Gasteiger partial charge in [0, 0.05) is 12.6 Å². The molecule has 2 N–H and O–H groups in total. The van der Waals surface area contributed by atoms with E-state index >= 15 is 0 Å². The first kappa shape index (κ1) is 13.3. The van der Waals surface area contributed by atoms with Gasteiger partial charge in [-0.05, 0) is 50.5 Å². The Hall–Kier alpha value is -1.65. The number of pyridine rings is 1. The van der Waals surface area contributed by atoms with E-state index in [1.54, 1.807) is 0 Å². The summed E-state index contributed by atoms with van der Waals surface area (Å²) >= 11 is 0. The molecule has 20 heavy (non-hydrogen) atoms. The quantitative estimate of drug-likeness (QED) is 0.840. The summed E-state index contributed by atoms with van der Waals surface area (Å²) in [6.07, 6.45) is 5.92. The van der Waals surface area contributed by atoms with Gasteiger partial charge in [0.25, 0.3) is 5.91 Å². The standard InChI is InChI=1S/C15H20FN3O/c1-2-17-14-12(7-11(16)8-18-14)15(20)19-13(9-3-4-9)10-5-6-10/h7-10,13H,2-6H2,1H3,(H,17,18)(H,19,20). The Morgan fingerprint density at radius 1 is 1.40 bits per heavy atom. The summed E-state index contributed by atoms with van der Waals surface area (Å²) in [7, 11) is 0. The van der Waals surface area contributed by atoms with Crippen LogP contribution in [-0.2, 0) is 0 Å². The highest BCUT2D eigenvalue weighted by molar-refractivity contribution is 5.99. The largest absolute Gasteiger partial charge is 0.370 e. The van der Waals surface area contributed by atoms with E-state index in [-0.39, 0.29) is 11.9 Å². The molecule has 1 heterocycles. The first-order valence-electron chi connectivity index (χ1n) is 7.39. The van der Waals surface area contributed by atoms with E-state index in [4.69, 9.17) is 0 Å². The van der Waals surface area contributed by atoms with Crippen molar-refractivity contribution in [1.29, 1.82) is 0 Å². The van der Waals surface area contributed by atoms with Crippen molar-refractivity contribution >= 4 is 11.7 Å². The second-order valence-electron chi connectivity index (χ2n) is 5.75. The number of hydrogen-bond donors (Lipinski definition) is 2. The Morgan fingerprint density at radius 2 is 2.05 bits per heavy atom. The lowest BCUT2D eigenvalue weighted by atomic mass is 10.1. The van der Waals surface area contributed by atoms with Crippen molar-refractivity contribution in [3.63, 3.8) is 0 Å². The molecule has 2 aliphatic carbocycles. The highest BCUT2D eigenvalue weighted by Crippen LogP contribution is 2.44. The lowest BCUT2D eigenvalue weighted by Crippen LogP contribution is -2.38. The number of nitrogens with one attached hydrogen (secondary N) is 2. The van der Waals surface area contributed by atoms with Crippen molar-refractivity contribution in [1.82, 2.24) is 10.3 Å². The third-order valence-electron chi connectivity index (χ3n) is 4.00. The van der Waals surface area contributed by atoms with Crippen molar-refractivity contribution < 1.29 is 9.18 Å². The number of rotatable bonds is 6. The zero-order valence-electron chi connectivity index (χ0n) is 11.7. The maximum Gasteiger partial charge on any atom is 0.255 e. The van der Waals surface area contributed by atoms with Crippen LogP contribution < -0.4 is 10.6 Å². The topological polar surface area (TPSA) is 54.0 Å². The van der Waals surface area contributed by atoms with E-state index in [9.17, 15) is 9.18 Å². The van der Waals surface area contributed by atoms with Crippen molar-refractivity contribution in [2.45, 2.75) is 38.6 Å². The molecular formula is C15H20FN3O. The van der Waals surface area contributed by atoms with Crippen LogP contribution in [0, 0.1) is 17.7 Å². The third-order valence-corrected chi connectivity index (χ3v) is 4.00. The lowest BCUT2D eigenvalue weighted by molar-refractivity contribution is 0.0926. The summed E-state index contributed by atoms with van der Waals surface area (Å²) in [5, 5.41) is 6.11. The number of amides is 1. The van der Waals surface area contributed by atoms with E-state index in [1.807, 2.05) is 6.92 Å². The highest BCUT2D eigenvalue weighted by atomic mass is 19.1. The average molecular weight is 277 g/mol. The van der Waals surface area contributed by atoms with Gasteiger partial charge < -0.3 is 10.6 Å². The number of carbonyl (C=O) groups is 1. The fourth-order valence-corrected chi connectivity index (χ4v) is 2.68. The Morgan fingerprint density at radius 3 is 2.60 bits per heavy atom.